The van der Waals surface area contributed by atoms with Crippen LogP contribution in [0.15, 0.2) is 134 Å². The Morgan fingerprint density at radius 3 is 1.14 bits per heavy atom. The zero-order chi connectivity index (χ0) is 19.2. The van der Waals surface area contributed by atoms with E-state index < -0.39 is 8.07 Å². The fourth-order valence-corrected chi connectivity index (χ4v) is 9.64. The minimum atomic E-state index is -2.41. The van der Waals surface area contributed by atoms with E-state index >= 15 is 0 Å². The lowest BCUT2D eigenvalue weighted by Crippen LogP contribution is -2.70. The molecule has 0 aromatic heterocycles. The second kappa shape index (κ2) is 8.24. The van der Waals surface area contributed by atoms with Crippen molar-refractivity contribution in [1.29, 1.82) is 0 Å². The number of rotatable bonds is 6. The first-order valence-electron chi connectivity index (χ1n) is 9.71. The summed E-state index contributed by atoms with van der Waals surface area (Å²) in [5, 5.41) is 4.21. The van der Waals surface area contributed by atoms with Crippen molar-refractivity contribution in [2.24, 2.45) is 0 Å². The Morgan fingerprint density at radius 2 is 0.821 bits per heavy atom. The Bertz CT molecular complexity index is 912. The molecule has 0 bridgehead atoms. The van der Waals surface area contributed by atoms with Gasteiger partial charge in [-0.2, -0.15) is 0 Å². The van der Waals surface area contributed by atoms with Crippen LogP contribution >= 0.6 is 0 Å². The highest BCUT2D eigenvalue weighted by Crippen LogP contribution is 2.28. The van der Waals surface area contributed by atoms with Gasteiger partial charge in [0.05, 0.1) is 0 Å². The van der Waals surface area contributed by atoms with Crippen molar-refractivity contribution in [3.8, 4) is 0 Å². The third kappa shape index (κ3) is 3.15. The molecule has 0 saturated carbocycles. The minimum Gasteiger partial charge on any atom is -0.103 e. The molecule has 1 heteroatoms. The van der Waals surface area contributed by atoms with E-state index in [2.05, 4.69) is 134 Å². The lowest BCUT2D eigenvalue weighted by Gasteiger charge is -2.39. The second-order valence-corrected chi connectivity index (χ2v) is 11.0. The number of hydrogen-bond acceptors (Lipinski definition) is 0. The SMILES string of the molecule is C=CC(c1ccccc1)[Si](c1ccccc1)(c1ccccc1)c1ccccc1. The van der Waals surface area contributed by atoms with Crippen LogP contribution in [-0.4, -0.2) is 8.07 Å². The Labute approximate surface area is 168 Å². The number of allylic oxidation sites excluding steroid dienone is 1. The Kier molecular flexibility index (Phi) is 5.36. The Morgan fingerprint density at radius 1 is 0.500 bits per heavy atom. The topological polar surface area (TPSA) is 0 Å². The molecule has 0 aliphatic heterocycles. The van der Waals surface area contributed by atoms with Crippen LogP contribution in [0.25, 0.3) is 0 Å². The predicted molar refractivity (Wildman–Crippen MR) is 123 cm³/mol. The van der Waals surface area contributed by atoms with Crippen LogP contribution in [-0.2, 0) is 0 Å². The summed E-state index contributed by atoms with van der Waals surface area (Å²) in [6.07, 6.45) is 2.16. The molecule has 4 aromatic rings. The van der Waals surface area contributed by atoms with Crippen LogP contribution < -0.4 is 15.6 Å². The van der Waals surface area contributed by atoms with Crippen LogP contribution in [0.4, 0.5) is 0 Å². The maximum Gasteiger partial charge on any atom is 0.159 e. The molecule has 4 rings (SSSR count). The van der Waals surface area contributed by atoms with Crippen molar-refractivity contribution in [3.63, 3.8) is 0 Å². The molecule has 1 unspecified atom stereocenters. The van der Waals surface area contributed by atoms with Crippen molar-refractivity contribution in [2.75, 3.05) is 0 Å². The van der Waals surface area contributed by atoms with Crippen LogP contribution in [0.2, 0.25) is 0 Å². The fourth-order valence-electron chi connectivity index (χ4n) is 4.37. The largest absolute Gasteiger partial charge is 0.159 e. The van der Waals surface area contributed by atoms with Gasteiger partial charge in [-0.05, 0) is 21.1 Å². The van der Waals surface area contributed by atoms with E-state index in [1.165, 1.54) is 21.1 Å². The van der Waals surface area contributed by atoms with Gasteiger partial charge in [0.2, 0.25) is 0 Å². The van der Waals surface area contributed by atoms with E-state index in [4.69, 9.17) is 0 Å². The van der Waals surface area contributed by atoms with Gasteiger partial charge in [0, 0.05) is 5.54 Å². The van der Waals surface area contributed by atoms with Gasteiger partial charge >= 0.3 is 0 Å². The smallest absolute Gasteiger partial charge is 0.103 e. The normalized spacial score (nSPS) is 12.3. The van der Waals surface area contributed by atoms with E-state index in [1.807, 2.05) is 0 Å². The van der Waals surface area contributed by atoms with Crippen LogP contribution in [0, 0.1) is 0 Å². The van der Waals surface area contributed by atoms with Gasteiger partial charge in [-0.3, -0.25) is 0 Å². The average Bonchev–Trinajstić information content (AvgIpc) is 2.80. The molecule has 1 atom stereocenters. The highest BCUT2D eigenvalue weighted by atomic mass is 28.3. The standard InChI is InChI=1S/C27H24Si/c1-2-27(23-15-7-3-8-16-23)28(24-17-9-4-10-18-24,25-19-11-5-12-20-25)26-21-13-6-14-22-26/h2-22,27H,1H2. The van der Waals surface area contributed by atoms with E-state index in [1.54, 1.807) is 0 Å². The van der Waals surface area contributed by atoms with Crippen molar-refractivity contribution in [2.45, 2.75) is 5.54 Å². The summed E-state index contributed by atoms with van der Waals surface area (Å²) in [6.45, 7) is 4.31. The van der Waals surface area contributed by atoms with Gasteiger partial charge in [-0.1, -0.05) is 127 Å². The summed E-state index contributed by atoms with van der Waals surface area (Å²) in [4.78, 5) is 0. The molecule has 0 heterocycles. The summed E-state index contributed by atoms with van der Waals surface area (Å²) in [5.41, 5.74) is 1.54. The van der Waals surface area contributed by atoms with Crippen molar-refractivity contribution in [1.82, 2.24) is 0 Å². The zero-order valence-corrected chi connectivity index (χ0v) is 16.9. The first-order valence-corrected chi connectivity index (χ1v) is 11.8. The van der Waals surface area contributed by atoms with Crippen LogP contribution in [0.3, 0.4) is 0 Å². The van der Waals surface area contributed by atoms with Crippen LogP contribution in [0.5, 0.6) is 0 Å². The van der Waals surface area contributed by atoms with Crippen molar-refractivity contribution >= 4 is 23.6 Å². The molecular weight excluding hydrogens is 352 g/mol. The first-order chi connectivity index (χ1) is 13.9. The highest BCUT2D eigenvalue weighted by molar-refractivity contribution is 7.12. The summed E-state index contributed by atoms with van der Waals surface area (Å²) in [5.74, 6) is 0. The molecule has 4 aromatic carbocycles. The summed E-state index contributed by atoms with van der Waals surface area (Å²) >= 11 is 0. The molecule has 0 amide bonds. The molecule has 0 radical (unpaired) electrons. The lowest BCUT2D eigenvalue weighted by atomic mass is 10.1. The quantitative estimate of drug-likeness (QED) is 0.261. The average molecular weight is 377 g/mol. The molecule has 0 nitrogen and oxygen atoms in total. The van der Waals surface area contributed by atoms with Gasteiger partial charge in [0.15, 0.2) is 8.07 Å². The fraction of sp³-hybridized carbons (Fsp3) is 0.0370. The molecular formula is C27H24Si. The monoisotopic (exact) mass is 376 g/mol. The third-order valence-electron chi connectivity index (χ3n) is 5.55. The van der Waals surface area contributed by atoms with Crippen LogP contribution in [0.1, 0.15) is 11.1 Å². The summed E-state index contributed by atoms with van der Waals surface area (Å²) < 4.78 is 0. The molecule has 0 N–H and O–H groups in total. The maximum absolute atomic E-state index is 4.31. The van der Waals surface area contributed by atoms with E-state index in [0.29, 0.717) is 0 Å². The Hall–Kier alpha value is -3.16. The van der Waals surface area contributed by atoms with Gasteiger partial charge < -0.3 is 0 Å². The molecule has 0 saturated heterocycles. The number of hydrogen-bond donors (Lipinski definition) is 0. The van der Waals surface area contributed by atoms with Gasteiger partial charge in [0.1, 0.15) is 0 Å². The Balaban J connectivity index is 2.11. The second-order valence-electron chi connectivity index (χ2n) is 7.03. The lowest BCUT2D eigenvalue weighted by molar-refractivity contribution is 1.17. The van der Waals surface area contributed by atoms with Gasteiger partial charge in [0.25, 0.3) is 0 Å². The van der Waals surface area contributed by atoms with Gasteiger partial charge in [-0.25, -0.2) is 0 Å². The minimum absolute atomic E-state index is 0.223. The molecule has 0 spiro atoms. The van der Waals surface area contributed by atoms with Crippen molar-refractivity contribution < 1.29 is 0 Å². The van der Waals surface area contributed by atoms with Gasteiger partial charge in [-0.15, -0.1) is 6.58 Å². The zero-order valence-electron chi connectivity index (χ0n) is 15.9. The van der Waals surface area contributed by atoms with E-state index in [-0.39, 0.29) is 5.54 Å². The van der Waals surface area contributed by atoms with Crippen molar-refractivity contribution in [3.05, 3.63) is 140 Å². The summed E-state index contributed by atoms with van der Waals surface area (Å²) in [7, 11) is -2.41. The summed E-state index contributed by atoms with van der Waals surface area (Å²) in [6, 6.07) is 43.9. The molecule has 0 fully saturated rings. The van der Waals surface area contributed by atoms with E-state index in [9.17, 15) is 0 Å². The third-order valence-corrected chi connectivity index (χ3v) is 10.8. The van der Waals surface area contributed by atoms with E-state index in [0.717, 1.165) is 0 Å². The number of benzene rings is 4. The first kappa shape index (κ1) is 18.2. The molecule has 0 aliphatic carbocycles. The molecule has 136 valence electrons. The predicted octanol–water partition coefficient (Wildman–Crippen LogP) is 4.67. The molecule has 28 heavy (non-hydrogen) atoms. The highest BCUT2D eigenvalue weighted by Gasteiger charge is 2.45. The maximum atomic E-state index is 4.31. The molecule has 0 aliphatic rings.